The molecule has 0 aliphatic carbocycles. The van der Waals surface area contributed by atoms with Gasteiger partial charge in [0.1, 0.15) is 17.9 Å². The molecule has 0 amide bonds. The summed E-state index contributed by atoms with van der Waals surface area (Å²) < 4.78 is 28.5. The highest BCUT2D eigenvalue weighted by Crippen LogP contribution is 2.41. The molecule has 6 rings (SSSR count). The lowest BCUT2D eigenvalue weighted by atomic mass is 9.96. The van der Waals surface area contributed by atoms with E-state index in [2.05, 4.69) is 20.5 Å². The Hall–Kier alpha value is -4.21. The second-order valence-corrected chi connectivity index (χ2v) is 7.68. The van der Waals surface area contributed by atoms with Gasteiger partial charge < -0.3 is 19.9 Å². The van der Waals surface area contributed by atoms with Crippen molar-refractivity contribution in [1.82, 2.24) is 19.6 Å². The second-order valence-electron chi connectivity index (χ2n) is 7.68. The zero-order valence-corrected chi connectivity index (χ0v) is 17.7. The largest absolute Gasteiger partial charge is 0.493 e. The standard InChI is InChI=1S/C22H18FN5O2.CH2O2/c1-12-3-2-6-24-20(12)14-7-18-22(28-11-26-27-21(14)28)25-8-15-16(23)4-5-17-19(15)13(9-29-17)10-30-18;2-1-3/h2-7,11,13,25H,8-10H2,1H3;1H,(H,2,3)/t13-;/m1./s1. The zero-order chi connectivity index (χ0) is 22.9. The highest BCUT2D eigenvalue weighted by Gasteiger charge is 2.31. The second kappa shape index (κ2) is 8.38. The van der Waals surface area contributed by atoms with Crippen molar-refractivity contribution in [1.29, 1.82) is 0 Å². The molecule has 4 aromatic rings. The normalized spacial score (nSPS) is 15.9. The minimum absolute atomic E-state index is 0.0323. The Kier molecular flexibility index (Phi) is 5.25. The molecule has 5 heterocycles. The number of carbonyl (C=O) groups is 1. The maximum absolute atomic E-state index is 14.7. The Bertz CT molecular complexity index is 1360. The topological polar surface area (TPSA) is 111 Å². The molecule has 33 heavy (non-hydrogen) atoms. The van der Waals surface area contributed by atoms with Gasteiger partial charge >= 0.3 is 0 Å². The molecule has 10 heteroatoms. The van der Waals surface area contributed by atoms with Crippen LogP contribution in [0, 0.1) is 12.7 Å². The molecule has 2 aliphatic rings. The van der Waals surface area contributed by atoms with Crippen LogP contribution in [-0.4, -0.2) is 44.4 Å². The molecule has 0 saturated heterocycles. The van der Waals surface area contributed by atoms with Crippen LogP contribution in [0.25, 0.3) is 16.9 Å². The van der Waals surface area contributed by atoms with Gasteiger partial charge in [-0.25, -0.2) is 4.39 Å². The van der Waals surface area contributed by atoms with Crippen molar-refractivity contribution < 1.29 is 23.8 Å². The van der Waals surface area contributed by atoms with E-state index in [0.29, 0.717) is 42.5 Å². The van der Waals surface area contributed by atoms with Crippen molar-refractivity contribution in [3.63, 3.8) is 0 Å². The summed E-state index contributed by atoms with van der Waals surface area (Å²) in [5.74, 6) is 1.78. The van der Waals surface area contributed by atoms with Gasteiger partial charge in [-0.3, -0.25) is 14.2 Å². The van der Waals surface area contributed by atoms with Gasteiger partial charge in [0.15, 0.2) is 17.2 Å². The predicted molar refractivity (Wildman–Crippen MR) is 117 cm³/mol. The van der Waals surface area contributed by atoms with Crippen molar-refractivity contribution >= 4 is 17.9 Å². The van der Waals surface area contributed by atoms with E-state index in [4.69, 9.17) is 19.4 Å². The van der Waals surface area contributed by atoms with Crippen molar-refractivity contribution in [2.24, 2.45) is 0 Å². The average Bonchev–Trinajstić information content (AvgIpc) is 3.46. The first kappa shape index (κ1) is 20.7. The average molecular weight is 449 g/mol. The van der Waals surface area contributed by atoms with E-state index in [-0.39, 0.29) is 18.2 Å². The van der Waals surface area contributed by atoms with Crippen molar-refractivity contribution in [2.75, 3.05) is 18.5 Å². The molecular weight excluding hydrogens is 429 g/mol. The Morgan fingerprint density at radius 1 is 1.24 bits per heavy atom. The number of aryl methyl sites for hydroxylation is 1. The van der Waals surface area contributed by atoms with Crippen LogP contribution in [0.5, 0.6) is 11.5 Å². The van der Waals surface area contributed by atoms with E-state index in [1.54, 1.807) is 18.6 Å². The number of benzene rings is 1. The first-order chi connectivity index (χ1) is 16.1. The SMILES string of the molecule is Cc1cccnc1-c1cc2c(n3cnnc13)NCc1c(F)ccc3c1[C@H](CO3)CO2.O=CO. The third-order valence-corrected chi connectivity index (χ3v) is 5.78. The van der Waals surface area contributed by atoms with Crippen molar-refractivity contribution in [3.05, 3.63) is 65.4 Å². The number of carboxylic acid groups (broad SMARTS) is 1. The summed E-state index contributed by atoms with van der Waals surface area (Å²) in [4.78, 5) is 12.9. The lowest BCUT2D eigenvalue weighted by Crippen LogP contribution is -2.13. The number of halogens is 1. The summed E-state index contributed by atoms with van der Waals surface area (Å²) in [5, 5.41) is 18.6. The van der Waals surface area contributed by atoms with Gasteiger partial charge in [0.05, 0.1) is 24.8 Å². The van der Waals surface area contributed by atoms with E-state index in [0.717, 1.165) is 28.1 Å². The smallest absolute Gasteiger partial charge is 0.290 e. The molecular formula is C23H20FN5O4. The number of rotatable bonds is 1. The fraction of sp³-hybridized carbons (Fsp3) is 0.217. The van der Waals surface area contributed by atoms with Crippen LogP contribution >= 0.6 is 0 Å². The minimum Gasteiger partial charge on any atom is -0.493 e. The van der Waals surface area contributed by atoms with Gasteiger partial charge in [-0.15, -0.1) is 10.2 Å². The van der Waals surface area contributed by atoms with E-state index >= 15 is 0 Å². The summed E-state index contributed by atoms with van der Waals surface area (Å²) in [5.41, 5.74) is 4.84. The van der Waals surface area contributed by atoms with Gasteiger partial charge in [0, 0.05) is 29.4 Å². The molecule has 9 nitrogen and oxygen atoms in total. The Balaban J connectivity index is 0.000000724. The molecule has 2 N–H and O–H groups in total. The lowest BCUT2D eigenvalue weighted by Gasteiger charge is -2.17. The maximum Gasteiger partial charge on any atom is 0.290 e. The molecule has 3 aromatic heterocycles. The van der Waals surface area contributed by atoms with Gasteiger partial charge in [0.25, 0.3) is 6.47 Å². The molecule has 168 valence electrons. The number of pyridine rings is 2. The van der Waals surface area contributed by atoms with Crippen LogP contribution in [0.15, 0.2) is 42.9 Å². The lowest BCUT2D eigenvalue weighted by molar-refractivity contribution is -0.122. The predicted octanol–water partition coefficient (Wildman–Crippen LogP) is 3.42. The Labute approximate surface area is 187 Å². The van der Waals surface area contributed by atoms with Crippen LogP contribution in [0.3, 0.4) is 0 Å². The number of nitrogens with one attached hydrogen (secondary N) is 1. The van der Waals surface area contributed by atoms with Crippen molar-refractivity contribution in [3.8, 4) is 22.8 Å². The molecule has 0 radical (unpaired) electrons. The zero-order valence-electron chi connectivity index (χ0n) is 17.7. The fourth-order valence-corrected chi connectivity index (χ4v) is 4.33. The summed E-state index contributed by atoms with van der Waals surface area (Å²) >= 11 is 0. The number of hydrogen-bond acceptors (Lipinski definition) is 7. The van der Waals surface area contributed by atoms with Gasteiger partial charge in [-0.2, -0.15) is 0 Å². The van der Waals surface area contributed by atoms with E-state index < -0.39 is 0 Å². The van der Waals surface area contributed by atoms with Gasteiger partial charge in [-0.1, -0.05) is 6.07 Å². The third-order valence-electron chi connectivity index (χ3n) is 5.78. The monoisotopic (exact) mass is 449 g/mol. The van der Waals surface area contributed by atoms with Crippen LogP contribution in [0.2, 0.25) is 0 Å². The number of anilines is 1. The third kappa shape index (κ3) is 3.49. The first-order valence-electron chi connectivity index (χ1n) is 10.3. The molecule has 2 aliphatic heterocycles. The van der Waals surface area contributed by atoms with Gasteiger partial charge in [0.2, 0.25) is 0 Å². The van der Waals surface area contributed by atoms with E-state index in [1.807, 2.05) is 29.5 Å². The Morgan fingerprint density at radius 3 is 2.82 bits per heavy atom. The minimum atomic E-state index is -0.250. The fourth-order valence-electron chi connectivity index (χ4n) is 4.33. The maximum atomic E-state index is 14.7. The summed E-state index contributed by atoms with van der Waals surface area (Å²) in [7, 11) is 0. The summed E-state index contributed by atoms with van der Waals surface area (Å²) in [6.45, 7) is 2.92. The molecule has 0 saturated carbocycles. The van der Waals surface area contributed by atoms with Crippen molar-refractivity contribution in [2.45, 2.75) is 19.4 Å². The van der Waals surface area contributed by atoms with E-state index in [9.17, 15) is 4.39 Å². The number of aromatic nitrogens is 4. The summed E-state index contributed by atoms with van der Waals surface area (Å²) in [6, 6.07) is 9.00. The first-order valence-corrected chi connectivity index (χ1v) is 10.3. The van der Waals surface area contributed by atoms with Crippen LogP contribution in [-0.2, 0) is 11.3 Å². The molecule has 1 atom stereocenters. The van der Waals surface area contributed by atoms with Crippen LogP contribution in [0.1, 0.15) is 22.6 Å². The summed E-state index contributed by atoms with van der Waals surface area (Å²) in [6.07, 6.45) is 3.39. The van der Waals surface area contributed by atoms with Crippen LogP contribution in [0.4, 0.5) is 10.2 Å². The molecule has 0 bridgehead atoms. The number of fused-ring (bicyclic) bond motifs is 3. The molecule has 0 spiro atoms. The quantitative estimate of drug-likeness (QED) is 0.426. The van der Waals surface area contributed by atoms with E-state index in [1.165, 1.54) is 6.07 Å². The molecule has 0 unspecified atom stereocenters. The highest BCUT2D eigenvalue weighted by molar-refractivity contribution is 5.81. The molecule has 0 fully saturated rings. The number of nitrogens with zero attached hydrogens (tertiary/aromatic N) is 4. The number of hydrogen-bond donors (Lipinski definition) is 2. The molecule has 1 aromatic carbocycles. The number of ether oxygens (including phenoxy) is 2. The highest BCUT2D eigenvalue weighted by atomic mass is 19.1. The Morgan fingerprint density at radius 2 is 2.03 bits per heavy atom. The van der Waals surface area contributed by atoms with Gasteiger partial charge in [-0.05, 0) is 36.8 Å². The van der Waals surface area contributed by atoms with Crippen LogP contribution < -0.4 is 14.8 Å².